The Morgan fingerprint density at radius 2 is 2.04 bits per heavy atom. The van der Waals surface area contributed by atoms with Gasteiger partial charge in [0, 0.05) is 37.3 Å². The lowest BCUT2D eigenvalue weighted by molar-refractivity contribution is 0.109. The van der Waals surface area contributed by atoms with Gasteiger partial charge in [-0.05, 0) is 30.5 Å². The minimum Gasteiger partial charge on any atom is -0.497 e. The van der Waals surface area contributed by atoms with E-state index in [0.29, 0.717) is 12.5 Å². The number of methoxy groups -OCH3 is 1. The SMILES string of the molecule is COc1ccc(CNc2ncc(-c3cnccn3)c(C3CCCO3)n2)cc1. The fourth-order valence-corrected chi connectivity index (χ4v) is 3.08. The van der Waals surface area contributed by atoms with E-state index in [9.17, 15) is 0 Å². The normalized spacial score (nSPS) is 16.3. The molecule has 1 aliphatic rings. The molecule has 3 aromatic rings. The van der Waals surface area contributed by atoms with Gasteiger partial charge in [-0.25, -0.2) is 9.97 Å². The van der Waals surface area contributed by atoms with Crippen molar-refractivity contribution in [1.29, 1.82) is 0 Å². The van der Waals surface area contributed by atoms with Crippen molar-refractivity contribution in [3.63, 3.8) is 0 Å². The van der Waals surface area contributed by atoms with Crippen molar-refractivity contribution in [2.75, 3.05) is 19.0 Å². The zero-order valence-corrected chi connectivity index (χ0v) is 15.1. The van der Waals surface area contributed by atoms with Crippen LogP contribution in [0, 0.1) is 0 Å². The third-order valence-corrected chi connectivity index (χ3v) is 4.50. The first-order valence-electron chi connectivity index (χ1n) is 8.95. The number of hydrogen-bond donors (Lipinski definition) is 1. The summed E-state index contributed by atoms with van der Waals surface area (Å²) < 4.78 is 11.1. The van der Waals surface area contributed by atoms with E-state index in [1.54, 1.807) is 31.9 Å². The highest BCUT2D eigenvalue weighted by Gasteiger charge is 2.24. The van der Waals surface area contributed by atoms with Gasteiger partial charge < -0.3 is 14.8 Å². The second-order valence-corrected chi connectivity index (χ2v) is 6.29. The Kier molecular flexibility index (Phi) is 5.20. The van der Waals surface area contributed by atoms with Crippen LogP contribution >= 0.6 is 0 Å². The quantitative estimate of drug-likeness (QED) is 0.718. The van der Waals surface area contributed by atoms with Gasteiger partial charge in [0.1, 0.15) is 11.9 Å². The highest BCUT2D eigenvalue weighted by atomic mass is 16.5. The number of rotatable bonds is 6. The average molecular weight is 363 g/mol. The van der Waals surface area contributed by atoms with Gasteiger partial charge in [-0.1, -0.05) is 12.1 Å². The largest absolute Gasteiger partial charge is 0.497 e. The van der Waals surface area contributed by atoms with E-state index in [1.807, 2.05) is 24.3 Å². The predicted octanol–water partition coefficient (Wildman–Crippen LogP) is 3.41. The number of benzene rings is 1. The van der Waals surface area contributed by atoms with Crippen molar-refractivity contribution < 1.29 is 9.47 Å². The van der Waals surface area contributed by atoms with Crippen molar-refractivity contribution >= 4 is 5.95 Å². The van der Waals surface area contributed by atoms with Crippen molar-refractivity contribution in [2.45, 2.75) is 25.5 Å². The van der Waals surface area contributed by atoms with E-state index >= 15 is 0 Å². The maximum Gasteiger partial charge on any atom is 0.223 e. The molecular weight excluding hydrogens is 342 g/mol. The molecule has 0 radical (unpaired) electrons. The van der Waals surface area contributed by atoms with E-state index in [1.165, 1.54) is 0 Å². The molecule has 0 bridgehead atoms. The molecule has 1 atom stereocenters. The number of ether oxygens (including phenoxy) is 2. The standard InChI is InChI=1S/C20H21N5O2/c1-26-15-6-4-14(5-7-15)11-23-20-24-12-16(17-13-21-8-9-22-17)19(25-20)18-3-2-10-27-18/h4-9,12-13,18H,2-3,10-11H2,1H3,(H,23,24,25). The Hall–Kier alpha value is -3.06. The van der Waals surface area contributed by atoms with Crippen LogP contribution in [0.25, 0.3) is 11.3 Å². The van der Waals surface area contributed by atoms with Crippen LogP contribution in [0.2, 0.25) is 0 Å². The van der Waals surface area contributed by atoms with Crippen molar-refractivity contribution in [3.8, 4) is 17.0 Å². The minimum atomic E-state index is -0.0356. The Balaban J connectivity index is 1.57. The van der Waals surface area contributed by atoms with Crippen LogP contribution in [0.15, 0.2) is 49.1 Å². The molecule has 1 unspecified atom stereocenters. The summed E-state index contributed by atoms with van der Waals surface area (Å²) >= 11 is 0. The molecule has 3 heterocycles. The van der Waals surface area contributed by atoms with Gasteiger partial charge in [0.15, 0.2) is 0 Å². The second-order valence-electron chi connectivity index (χ2n) is 6.29. The van der Waals surface area contributed by atoms with E-state index in [-0.39, 0.29) is 6.10 Å². The summed E-state index contributed by atoms with van der Waals surface area (Å²) in [6.07, 6.45) is 8.79. The zero-order chi connectivity index (χ0) is 18.5. The van der Waals surface area contributed by atoms with Gasteiger partial charge in [-0.2, -0.15) is 0 Å². The summed E-state index contributed by atoms with van der Waals surface area (Å²) in [5, 5.41) is 3.29. The number of anilines is 1. The average Bonchev–Trinajstić information content (AvgIpc) is 3.28. The van der Waals surface area contributed by atoms with E-state index in [0.717, 1.165) is 47.7 Å². The van der Waals surface area contributed by atoms with Crippen molar-refractivity contribution in [2.24, 2.45) is 0 Å². The zero-order valence-electron chi connectivity index (χ0n) is 15.1. The molecule has 7 nitrogen and oxygen atoms in total. The lowest BCUT2D eigenvalue weighted by Crippen LogP contribution is -2.09. The third kappa shape index (κ3) is 4.03. The Morgan fingerprint density at radius 1 is 1.15 bits per heavy atom. The first-order valence-corrected chi connectivity index (χ1v) is 8.95. The number of nitrogens with one attached hydrogen (secondary N) is 1. The lowest BCUT2D eigenvalue weighted by atomic mass is 10.1. The van der Waals surface area contributed by atoms with Gasteiger partial charge in [-0.15, -0.1) is 0 Å². The highest BCUT2D eigenvalue weighted by Crippen LogP contribution is 2.33. The molecule has 1 N–H and O–H groups in total. The fourth-order valence-electron chi connectivity index (χ4n) is 3.08. The van der Waals surface area contributed by atoms with Crippen LogP contribution in [0.3, 0.4) is 0 Å². The number of nitrogens with zero attached hydrogens (tertiary/aromatic N) is 4. The summed E-state index contributed by atoms with van der Waals surface area (Å²) in [6, 6.07) is 7.90. The molecule has 0 spiro atoms. The van der Waals surface area contributed by atoms with Crippen LogP contribution in [-0.2, 0) is 11.3 Å². The molecule has 7 heteroatoms. The lowest BCUT2D eigenvalue weighted by Gasteiger charge is -2.15. The van der Waals surface area contributed by atoms with Crippen LogP contribution in [0.4, 0.5) is 5.95 Å². The molecule has 4 rings (SSSR count). The Bertz CT molecular complexity index is 881. The van der Waals surface area contributed by atoms with Crippen molar-refractivity contribution in [3.05, 3.63) is 60.3 Å². The summed E-state index contributed by atoms with van der Waals surface area (Å²) in [5.74, 6) is 1.41. The van der Waals surface area contributed by atoms with Crippen LogP contribution in [0.1, 0.15) is 30.2 Å². The maximum atomic E-state index is 5.86. The number of aromatic nitrogens is 4. The van der Waals surface area contributed by atoms with Crippen LogP contribution < -0.4 is 10.1 Å². The van der Waals surface area contributed by atoms with Gasteiger partial charge in [0.2, 0.25) is 5.95 Å². The fraction of sp³-hybridized carbons (Fsp3) is 0.300. The molecule has 0 aliphatic carbocycles. The van der Waals surface area contributed by atoms with Crippen LogP contribution in [-0.4, -0.2) is 33.7 Å². The second kappa shape index (κ2) is 8.09. The summed E-state index contributed by atoms with van der Waals surface area (Å²) in [7, 11) is 1.66. The molecule has 1 fully saturated rings. The predicted molar refractivity (Wildman–Crippen MR) is 101 cm³/mol. The minimum absolute atomic E-state index is 0.0356. The molecule has 2 aromatic heterocycles. The summed E-state index contributed by atoms with van der Waals surface area (Å²) in [5.41, 5.74) is 3.60. The summed E-state index contributed by atoms with van der Waals surface area (Å²) in [4.78, 5) is 17.8. The molecule has 1 aliphatic heterocycles. The molecule has 0 amide bonds. The first kappa shape index (κ1) is 17.4. The van der Waals surface area contributed by atoms with Gasteiger partial charge >= 0.3 is 0 Å². The Morgan fingerprint density at radius 3 is 2.74 bits per heavy atom. The molecule has 138 valence electrons. The van der Waals surface area contributed by atoms with Crippen LogP contribution in [0.5, 0.6) is 5.75 Å². The van der Waals surface area contributed by atoms with E-state index < -0.39 is 0 Å². The molecule has 0 saturated carbocycles. The van der Waals surface area contributed by atoms with Gasteiger partial charge in [0.25, 0.3) is 0 Å². The third-order valence-electron chi connectivity index (χ3n) is 4.50. The summed E-state index contributed by atoms with van der Waals surface area (Å²) in [6.45, 7) is 1.38. The first-order chi connectivity index (χ1) is 13.3. The number of hydrogen-bond acceptors (Lipinski definition) is 7. The highest BCUT2D eigenvalue weighted by molar-refractivity contribution is 5.61. The Labute approximate surface area is 157 Å². The van der Waals surface area contributed by atoms with Gasteiger partial charge in [0.05, 0.1) is 24.7 Å². The molecular formula is C20H21N5O2. The monoisotopic (exact) mass is 363 g/mol. The van der Waals surface area contributed by atoms with Gasteiger partial charge in [-0.3, -0.25) is 9.97 Å². The molecule has 1 saturated heterocycles. The van der Waals surface area contributed by atoms with E-state index in [4.69, 9.17) is 14.5 Å². The molecule has 1 aromatic carbocycles. The van der Waals surface area contributed by atoms with Crippen molar-refractivity contribution in [1.82, 2.24) is 19.9 Å². The maximum absolute atomic E-state index is 5.86. The molecule has 27 heavy (non-hydrogen) atoms. The van der Waals surface area contributed by atoms with E-state index in [2.05, 4.69) is 20.3 Å². The smallest absolute Gasteiger partial charge is 0.223 e. The topological polar surface area (TPSA) is 82.0 Å².